The molecule has 3 aromatic rings. The van der Waals surface area contributed by atoms with Crippen molar-refractivity contribution in [3.05, 3.63) is 76.7 Å². The average Bonchev–Trinajstić information content (AvgIpc) is 3.42. The Morgan fingerprint density at radius 3 is 2.76 bits per heavy atom. The molecule has 3 heterocycles. The van der Waals surface area contributed by atoms with Crippen molar-refractivity contribution in [1.29, 1.82) is 0 Å². The Hall–Kier alpha value is -3.53. The second kappa shape index (κ2) is 12.5. The second-order valence-corrected chi connectivity index (χ2v) is 10.9. The van der Waals surface area contributed by atoms with Crippen molar-refractivity contribution in [2.75, 3.05) is 27.4 Å². The van der Waals surface area contributed by atoms with Crippen LogP contribution in [0.1, 0.15) is 60.6 Å². The van der Waals surface area contributed by atoms with Crippen LogP contribution in [0, 0.1) is 11.7 Å². The van der Waals surface area contributed by atoms with Crippen LogP contribution in [-0.2, 0) is 22.5 Å². The molecule has 5 rings (SSSR count). The number of hydrogen-bond donors (Lipinski definition) is 2. The smallest absolute Gasteiger partial charge is 0.309 e. The molecular formula is C32H37FN2O6. The molecule has 2 aliphatic rings. The van der Waals surface area contributed by atoms with Crippen LogP contribution in [0.4, 0.5) is 4.39 Å². The molecule has 0 aliphatic carbocycles. The van der Waals surface area contributed by atoms with Gasteiger partial charge in [0.05, 0.1) is 31.9 Å². The minimum absolute atomic E-state index is 0.246. The number of halogens is 1. The van der Waals surface area contributed by atoms with E-state index in [1.165, 1.54) is 20.2 Å². The van der Waals surface area contributed by atoms with E-state index in [0.29, 0.717) is 41.9 Å². The molecule has 0 saturated carbocycles. The molecule has 0 spiro atoms. The number of fused-ring (bicyclic) bond motifs is 1. The van der Waals surface area contributed by atoms with Gasteiger partial charge >= 0.3 is 5.97 Å². The molecule has 0 amide bonds. The summed E-state index contributed by atoms with van der Waals surface area (Å²) in [5, 5.41) is 19.9. The number of benzene rings is 2. The zero-order chi connectivity index (χ0) is 29.1. The van der Waals surface area contributed by atoms with E-state index in [4.69, 9.17) is 14.2 Å². The first-order valence-corrected chi connectivity index (χ1v) is 14.0. The van der Waals surface area contributed by atoms with E-state index in [0.717, 1.165) is 54.5 Å². The Kier molecular flexibility index (Phi) is 8.87. The Morgan fingerprint density at radius 2 is 2.00 bits per heavy atom. The summed E-state index contributed by atoms with van der Waals surface area (Å²) in [7, 11) is 3.23. The van der Waals surface area contributed by atoms with Crippen LogP contribution in [0.2, 0.25) is 0 Å². The van der Waals surface area contributed by atoms with Crippen LogP contribution in [0.3, 0.4) is 0 Å². The van der Waals surface area contributed by atoms with Gasteiger partial charge < -0.3 is 24.4 Å². The predicted octanol–water partition coefficient (Wildman–Crippen LogP) is 5.33. The molecule has 4 atom stereocenters. The number of nitrogens with zero attached hydrogens (tertiary/aromatic N) is 2. The number of hydrogen-bond acceptors (Lipinski definition) is 7. The Labute approximate surface area is 239 Å². The molecule has 2 aliphatic heterocycles. The minimum atomic E-state index is -1.14. The molecule has 218 valence electrons. The van der Waals surface area contributed by atoms with Gasteiger partial charge in [0, 0.05) is 31.3 Å². The number of aliphatic carboxylic acids is 1. The molecule has 1 aromatic heterocycles. The molecule has 2 aromatic carbocycles. The van der Waals surface area contributed by atoms with Gasteiger partial charge in [-0.05, 0) is 73.0 Å². The molecule has 0 radical (unpaired) electrons. The Bertz CT molecular complexity index is 1400. The number of aliphatic hydroxyl groups is 1. The van der Waals surface area contributed by atoms with Crippen LogP contribution in [-0.4, -0.2) is 59.5 Å². The minimum Gasteiger partial charge on any atom is -0.485 e. The van der Waals surface area contributed by atoms with Gasteiger partial charge in [0.25, 0.3) is 0 Å². The van der Waals surface area contributed by atoms with Gasteiger partial charge in [0.15, 0.2) is 0 Å². The molecule has 0 bridgehead atoms. The number of carboxylic acid groups (broad SMARTS) is 1. The first kappa shape index (κ1) is 29.0. The van der Waals surface area contributed by atoms with E-state index >= 15 is 4.39 Å². The third kappa shape index (κ3) is 6.22. The molecule has 1 saturated heterocycles. The molecule has 9 heteroatoms. The summed E-state index contributed by atoms with van der Waals surface area (Å²) in [6.45, 7) is 3.70. The molecule has 41 heavy (non-hydrogen) atoms. The highest BCUT2D eigenvalue weighted by atomic mass is 19.1. The molecule has 2 unspecified atom stereocenters. The second-order valence-electron chi connectivity index (χ2n) is 10.9. The monoisotopic (exact) mass is 564 g/mol. The van der Waals surface area contributed by atoms with Crippen molar-refractivity contribution in [1.82, 2.24) is 9.88 Å². The highest BCUT2D eigenvalue weighted by Gasteiger charge is 2.29. The zero-order valence-corrected chi connectivity index (χ0v) is 23.7. The number of methoxy groups -OCH3 is 2. The Morgan fingerprint density at radius 1 is 1.17 bits per heavy atom. The first-order valence-electron chi connectivity index (χ1n) is 14.0. The third-order valence-corrected chi connectivity index (χ3v) is 8.30. The van der Waals surface area contributed by atoms with Crippen LogP contribution in [0.15, 0.2) is 48.7 Å². The summed E-state index contributed by atoms with van der Waals surface area (Å²) in [5.41, 5.74) is 4.69. The van der Waals surface area contributed by atoms with Gasteiger partial charge in [-0.15, -0.1) is 0 Å². The quantitative estimate of drug-likeness (QED) is 0.341. The Balaban J connectivity index is 1.48. The lowest BCUT2D eigenvalue weighted by atomic mass is 9.91. The first-order chi connectivity index (χ1) is 19.8. The van der Waals surface area contributed by atoms with E-state index in [1.807, 2.05) is 18.2 Å². The number of carbonyl (C=O) groups is 1. The lowest BCUT2D eigenvalue weighted by Crippen LogP contribution is -2.32. The molecule has 1 fully saturated rings. The summed E-state index contributed by atoms with van der Waals surface area (Å²) < 4.78 is 32.3. The van der Waals surface area contributed by atoms with Gasteiger partial charge in [-0.1, -0.05) is 30.3 Å². The number of rotatable bonds is 10. The average molecular weight is 565 g/mol. The number of aryl methyl sites for hydroxylation is 1. The lowest BCUT2D eigenvalue weighted by molar-refractivity contribution is -0.145. The summed E-state index contributed by atoms with van der Waals surface area (Å²) in [5.74, 6) is -1.43. The van der Waals surface area contributed by atoms with Gasteiger partial charge in [0.1, 0.15) is 17.7 Å². The maximum Gasteiger partial charge on any atom is 0.309 e. The molecule has 8 nitrogen and oxygen atoms in total. The fraction of sp³-hybridized carbons (Fsp3) is 0.438. The molecular weight excluding hydrogens is 527 g/mol. The van der Waals surface area contributed by atoms with E-state index in [9.17, 15) is 15.0 Å². The standard InChI is InChI=1S/C32H37FN2O6/c1-19(32(37)38)31(36)22-7-6-20-9-11-28(41-29(20)14-22)21-8-10-25(26-15-30(40-3)34-16-27(26)33)23(13-21)17-35-12-4-5-24(35)18-39-2/h6-8,10,13-16,19,24,28,31,36H,4-5,9,11-12,17-18H2,1-3H3,(H,37,38)/t19-,24?,28?,31+/m0/s1. The van der Waals surface area contributed by atoms with Crippen LogP contribution < -0.4 is 9.47 Å². The lowest BCUT2D eigenvalue weighted by Gasteiger charge is -2.29. The van der Waals surface area contributed by atoms with Crippen molar-refractivity contribution in [3.63, 3.8) is 0 Å². The largest absolute Gasteiger partial charge is 0.485 e. The SMILES string of the molecule is COCC1CCCN1Cc1cc(C2CCc3ccc([C@H](O)[C@H](C)C(=O)O)cc3O2)ccc1-c1cc(OC)ncc1F. The van der Waals surface area contributed by atoms with E-state index in [1.54, 1.807) is 25.3 Å². The number of carboxylic acids is 1. The highest BCUT2D eigenvalue weighted by Crippen LogP contribution is 2.39. The van der Waals surface area contributed by atoms with Gasteiger partial charge in [-0.3, -0.25) is 9.69 Å². The summed E-state index contributed by atoms with van der Waals surface area (Å²) in [6, 6.07) is 13.4. The normalized spacial score (nSPS) is 20.2. The fourth-order valence-corrected chi connectivity index (χ4v) is 5.88. The van der Waals surface area contributed by atoms with Gasteiger partial charge in [-0.2, -0.15) is 0 Å². The maximum atomic E-state index is 15.1. The van der Waals surface area contributed by atoms with E-state index in [2.05, 4.69) is 16.0 Å². The van der Waals surface area contributed by atoms with Crippen molar-refractivity contribution in [2.45, 2.75) is 57.4 Å². The predicted molar refractivity (Wildman–Crippen MR) is 151 cm³/mol. The summed E-state index contributed by atoms with van der Waals surface area (Å²) >= 11 is 0. The van der Waals surface area contributed by atoms with Crippen molar-refractivity contribution < 1.29 is 33.6 Å². The number of likely N-dealkylation sites (tertiary alicyclic amines) is 1. The topological polar surface area (TPSA) is 101 Å². The zero-order valence-electron chi connectivity index (χ0n) is 23.7. The van der Waals surface area contributed by atoms with Gasteiger partial charge in [0.2, 0.25) is 5.88 Å². The van der Waals surface area contributed by atoms with Crippen LogP contribution >= 0.6 is 0 Å². The summed E-state index contributed by atoms with van der Waals surface area (Å²) in [4.78, 5) is 17.8. The maximum absolute atomic E-state index is 15.1. The highest BCUT2D eigenvalue weighted by molar-refractivity contribution is 5.71. The number of aliphatic hydroxyl groups excluding tert-OH is 1. The third-order valence-electron chi connectivity index (χ3n) is 8.30. The van der Waals surface area contributed by atoms with E-state index < -0.39 is 23.8 Å². The fourth-order valence-electron chi connectivity index (χ4n) is 5.88. The van der Waals surface area contributed by atoms with Crippen LogP contribution in [0.25, 0.3) is 11.1 Å². The van der Waals surface area contributed by atoms with Crippen LogP contribution in [0.5, 0.6) is 11.6 Å². The van der Waals surface area contributed by atoms with Crippen molar-refractivity contribution in [2.24, 2.45) is 5.92 Å². The molecule has 2 N–H and O–H groups in total. The summed E-state index contributed by atoms with van der Waals surface area (Å²) in [6.07, 6.45) is 3.47. The number of pyridine rings is 1. The number of aromatic nitrogens is 1. The number of ether oxygens (including phenoxy) is 3. The van der Waals surface area contributed by atoms with Gasteiger partial charge in [-0.25, -0.2) is 9.37 Å². The van der Waals surface area contributed by atoms with E-state index in [-0.39, 0.29) is 6.10 Å². The van der Waals surface area contributed by atoms with Crippen molar-refractivity contribution in [3.8, 4) is 22.8 Å². The van der Waals surface area contributed by atoms with Crippen molar-refractivity contribution >= 4 is 5.97 Å².